The van der Waals surface area contributed by atoms with Crippen molar-refractivity contribution in [3.8, 4) is 5.75 Å². The van der Waals surface area contributed by atoms with Gasteiger partial charge in [-0.1, -0.05) is 12.1 Å². The highest BCUT2D eigenvalue weighted by Gasteiger charge is 2.23. The van der Waals surface area contributed by atoms with Crippen LogP contribution < -0.4 is 4.74 Å². The number of alkyl halides is 2. The summed E-state index contributed by atoms with van der Waals surface area (Å²) in [6.45, 7) is -1.41. The molecule has 1 rings (SSSR count). The molecule has 0 bridgehead atoms. The molecule has 1 aromatic carbocycles. The number of ether oxygens (including phenoxy) is 1. The molecular weight excluding hydrogens is 258 g/mol. The summed E-state index contributed by atoms with van der Waals surface area (Å²) in [6.07, 6.45) is 0.392. The molecule has 6 heteroatoms. The van der Waals surface area contributed by atoms with Crippen LogP contribution in [0.2, 0.25) is 0 Å². The highest BCUT2D eigenvalue weighted by Crippen LogP contribution is 2.20. The van der Waals surface area contributed by atoms with Crippen molar-refractivity contribution in [1.82, 2.24) is 0 Å². The standard InChI is InChI=1S/C13H16F2O4/c1-13(18,8-11(16)17)7-6-9-2-4-10(5-3-9)19-12(14)15/h2-5,12,18H,6-8H2,1H3,(H,16,17). The Kier molecular flexibility index (Phi) is 5.23. The smallest absolute Gasteiger partial charge is 0.387 e. The van der Waals surface area contributed by atoms with Crippen molar-refractivity contribution in [2.24, 2.45) is 0 Å². The molecule has 0 aliphatic rings. The molecule has 0 radical (unpaired) electrons. The number of aliphatic hydroxyl groups is 1. The van der Waals surface area contributed by atoms with E-state index in [0.717, 1.165) is 5.56 Å². The van der Waals surface area contributed by atoms with Crippen LogP contribution in [-0.2, 0) is 11.2 Å². The average molecular weight is 274 g/mol. The van der Waals surface area contributed by atoms with Gasteiger partial charge < -0.3 is 14.9 Å². The van der Waals surface area contributed by atoms with Crippen LogP contribution in [0.1, 0.15) is 25.3 Å². The third-order valence-corrected chi connectivity index (χ3v) is 2.63. The summed E-state index contributed by atoms with van der Waals surface area (Å²) in [7, 11) is 0. The van der Waals surface area contributed by atoms with E-state index in [1.54, 1.807) is 12.1 Å². The molecule has 0 saturated heterocycles. The number of carboxylic acid groups (broad SMARTS) is 1. The Labute approximate surface area is 109 Å². The predicted molar refractivity (Wildman–Crippen MR) is 64.3 cm³/mol. The van der Waals surface area contributed by atoms with E-state index >= 15 is 0 Å². The normalized spacial score (nSPS) is 14.2. The lowest BCUT2D eigenvalue weighted by atomic mass is 9.94. The maximum Gasteiger partial charge on any atom is 0.387 e. The lowest BCUT2D eigenvalue weighted by Crippen LogP contribution is -2.28. The Balaban J connectivity index is 2.52. The van der Waals surface area contributed by atoms with Gasteiger partial charge in [0, 0.05) is 0 Å². The summed E-state index contributed by atoms with van der Waals surface area (Å²) in [5.74, 6) is -0.998. The first-order valence-corrected chi connectivity index (χ1v) is 5.76. The van der Waals surface area contributed by atoms with Crippen molar-refractivity contribution in [1.29, 1.82) is 0 Å². The molecule has 1 aromatic rings. The van der Waals surface area contributed by atoms with Crippen molar-refractivity contribution in [2.45, 2.75) is 38.4 Å². The molecule has 0 spiro atoms. The Hall–Kier alpha value is -1.69. The second kappa shape index (κ2) is 6.47. The van der Waals surface area contributed by atoms with Gasteiger partial charge in [0.1, 0.15) is 5.75 Å². The number of rotatable bonds is 7. The number of carbonyl (C=O) groups is 1. The van der Waals surface area contributed by atoms with Crippen LogP contribution in [-0.4, -0.2) is 28.4 Å². The molecule has 19 heavy (non-hydrogen) atoms. The van der Waals surface area contributed by atoms with Crippen LogP contribution in [0, 0.1) is 0 Å². The fraction of sp³-hybridized carbons (Fsp3) is 0.462. The van der Waals surface area contributed by atoms with E-state index in [2.05, 4.69) is 4.74 Å². The Morgan fingerprint density at radius 1 is 1.37 bits per heavy atom. The van der Waals surface area contributed by atoms with E-state index < -0.39 is 18.2 Å². The lowest BCUT2D eigenvalue weighted by Gasteiger charge is -2.20. The molecule has 0 heterocycles. The minimum atomic E-state index is -2.86. The molecule has 0 aliphatic heterocycles. The Bertz CT molecular complexity index is 415. The van der Waals surface area contributed by atoms with Crippen LogP contribution in [0.25, 0.3) is 0 Å². The maximum atomic E-state index is 11.9. The van der Waals surface area contributed by atoms with Gasteiger partial charge in [0.25, 0.3) is 0 Å². The molecule has 1 unspecified atom stereocenters. The highest BCUT2D eigenvalue weighted by molar-refractivity contribution is 5.68. The molecular formula is C13H16F2O4. The molecule has 1 atom stereocenters. The van der Waals surface area contributed by atoms with Crippen LogP contribution in [0.15, 0.2) is 24.3 Å². The number of carboxylic acids is 1. The van der Waals surface area contributed by atoms with Crippen molar-refractivity contribution in [2.75, 3.05) is 0 Å². The van der Waals surface area contributed by atoms with Crippen LogP contribution in [0.3, 0.4) is 0 Å². The van der Waals surface area contributed by atoms with Gasteiger partial charge in [0.05, 0.1) is 12.0 Å². The topological polar surface area (TPSA) is 66.8 Å². The summed E-state index contributed by atoms with van der Waals surface area (Å²) in [5.41, 5.74) is -0.475. The summed E-state index contributed by atoms with van der Waals surface area (Å²) < 4.78 is 28.1. The molecule has 0 aliphatic carbocycles. The lowest BCUT2D eigenvalue weighted by molar-refractivity contribution is -0.142. The number of halogens is 2. The number of aryl methyl sites for hydroxylation is 1. The Morgan fingerprint density at radius 2 is 1.95 bits per heavy atom. The van der Waals surface area contributed by atoms with Gasteiger partial charge in [-0.05, 0) is 37.5 Å². The monoisotopic (exact) mass is 274 g/mol. The third kappa shape index (κ3) is 6.15. The van der Waals surface area contributed by atoms with Crippen molar-refractivity contribution >= 4 is 5.97 Å². The van der Waals surface area contributed by atoms with Crippen LogP contribution in [0.5, 0.6) is 5.75 Å². The van der Waals surface area contributed by atoms with Crippen LogP contribution >= 0.6 is 0 Å². The number of benzene rings is 1. The minimum Gasteiger partial charge on any atom is -0.481 e. The Morgan fingerprint density at radius 3 is 2.42 bits per heavy atom. The van der Waals surface area contributed by atoms with E-state index in [1.807, 2.05) is 0 Å². The zero-order chi connectivity index (χ0) is 14.5. The molecule has 0 saturated carbocycles. The van der Waals surface area contributed by atoms with Gasteiger partial charge in [-0.2, -0.15) is 8.78 Å². The second-order valence-corrected chi connectivity index (χ2v) is 4.59. The molecule has 2 N–H and O–H groups in total. The largest absolute Gasteiger partial charge is 0.481 e. The van der Waals surface area contributed by atoms with Gasteiger partial charge in [-0.3, -0.25) is 4.79 Å². The molecule has 0 fully saturated rings. The van der Waals surface area contributed by atoms with Gasteiger partial charge in [0.15, 0.2) is 0 Å². The zero-order valence-corrected chi connectivity index (χ0v) is 10.5. The van der Waals surface area contributed by atoms with E-state index in [4.69, 9.17) is 5.11 Å². The van der Waals surface area contributed by atoms with E-state index in [1.165, 1.54) is 19.1 Å². The summed E-state index contributed by atoms with van der Waals surface area (Å²) >= 11 is 0. The third-order valence-electron chi connectivity index (χ3n) is 2.63. The fourth-order valence-electron chi connectivity index (χ4n) is 1.67. The van der Waals surface area contributed by atoms with Gasteiger partial charge in [0.2, 0.25) is 0 Å². The first-order valence-electron chi connectivity index (χ1n) is 5.76. The molecule has 0 aromatic heterocycles. The zero-order valence-electron chi connectivity index (χ0n) is 10.5. The number of aliphatic carboxylic acids is 1. The SMILES string of the molecule is CC(O)(CCc1ccc(OC(F)F)cc1)CC(=O)O. The highest BCUT2D eigenvalue weighted by atomic mass is 19.3. The fourth-order valence-corrected chi connectivity index (χ4v) is 1.67. The summed E-state index contributed by atoms with van der Waals surface area (Å²) in [5, 5.41) is 18.4. The molecule has 4 nitrogen and oxygen atoms in total. The first kappa shape index (κ1) is 15.4. The van der Waals surface area contributed by atoms with Crippen molar-refractivity contribution in [3.63, 3.8) is 0 Å². The minimum absolute atomic E-state index is 0.0658. The van der Waals surface area contributed by atoms with Gasteiger partial charge >= 0.3 is 12.6 Å². The van der Waals surface area contributed by atoms with Gasteiger partial charge in [-0.15, -0.1) is 0 Å². The van der Waals surface area contributed by atoms with Gasteiger partial charge in [-0.25, -0.2) is 0 Å². The quantitative estimate of drug-likeness (QED) is 0.801. The van der Waals surface area contributed by atoms with Crippen molar-refractivity contribution < 1.29 is 28.5 Å². The average Bonchev–Trinajstić information content (AvgIpc) is 2.25. The number of hydrogen-bond donors (Lipinski definition) is 2. The maximum absolute atomic E-state index is 11.9. The number of hydrogen-bond acceptors (Lipinski definition) is 3. The van der Waals surface area contributed by atoms with E-state index in [-0.39, 0.29) is 18.6 Å². The van der Waals surface area contributed by atoms with E-state index in [0.29, 0.717) is 6.42 Å². The molecule has 0 amide bonds. The second-order valence-electron chi connectivity index (χ2n) is 4.59. The van der Waals surface area contributed by atoms with Crippen molar-refractivity contribution in [3.05, 3.63) is 29.8 Å². The first-order chi connectivity index (χ1) is 8.78. The van der Waals surface area contributed by atoms with Crippen LogP contribution in [0.4, 0.5) is 8.78 Å². The summed E-state index contributed by atoms with van der Waals surface area (Å²) in [4.78, 5) is 10.5. The van der Waals surface area contributed by atoms with E-state index in [9.17, 15) is 18.7 Å². The molecule has 106 valence electrons. The predicted octanol–water partition coefficient (Wildman–Crippen LogP) is 2.45. The summed E-state index contributed by atoms with van der Waals surface area (Å²) in [6, 6.07) is 6.03.